The zero-order valence-electron chi connectivity index (χ0n) is 14.4. The highest BCUT2D eigenvalue weighted by atomic mass is 35.5. The van der Waals surface area contributed by atoms with Crippen LogP contribution in [-0.4, -0.2) is 28.9 Å². The number of benzene rings is 2. The third kappa shape index (κ3) is 4.87. The lowest BCUT2D eigenvalue weighted by Gasteiger charge is -2.02. The Balaban J connectivity index is 1.64. The quantitative estimate of drug-likeness (QED) is 0.468. The Labute approximate surface area is 166 Å². The summed E-state index contributed by atoms with van der Waals surface area (Å²) in [6, 6.07) is 14.0. The molecule has 0 spiro atoms. The van der Waals surface area contributed by atoms with Crippen LogP contribution in [0.2, 0.25) is 10.0 Å². The van der Waals surface area contributed by atoms with E-state index in [1.807, 2.05) is 31.2 Å². The molecule has 8 heteroatoms. The van der Waals surface area contributed by atoms with Crippen molar-refractivity contribution >= 4 is 35.3 Å². The van der Waals surface area contributed by atoms with Gasteiger partial charge in [-0.2, -0.15) is 10.2 Å². The van der Waals surface area contributed by atoms with Gasteiger partial charge in [-0.25, -0.2) is 5.43 Å². The average Bonchev–Trinajstić information content (AvgIpc) is 3.13. The fraction of sp³-hybridized carbons (Fsp3) is 0.105. The number of amides is 1. The van der Waals surface area contributed by atoms with Crippen molar-refractivity contribution in [3.63, 3.8) is 0 Å². The SMILES string of the molecule is CCOc1ccc(/C=N/NC(=O)c2cc(-c3ccc(Cl)cc3Cl)n[nH]2)cc1. The fourth-order valence-electron chi connectivity index (χ4n) is 2.32. The number of ether oxygens (including phenoxy) is 1. The van der Waals surface area contributed by atoms with Gasteiger partial charge in [-0.05, 0) is 61.0 Å². The van der Waals surface area contributed by atoms with Crippen LogP contribution in [0.25, 0.3) is 11.3 Å². The van der Waals surface area contributed by atoms with E-state index >= 15 is 0 Å². The molecule has 0 unspecified atom stereocenters. The number of nitrogens with zero attached hydrogens (tertiary/aromatic N) is 2. The predicted octanol–water partition coefficient (Wildman–Crippen LogP) is 4.55. The maximum atomic E-state index is 12.2. The standard InChI is InChI=1S/C19H16Cl2N4O2/c1-2-27-14-6-3-12(4-7-14)11-22-25-19(26)18-10-17(23-24-18)15-8-5-13(20)9-16(15)21/h3-11H,2H2,1H3,(H,23,24)(H,25,26)/b22-11+. The highest BCUT2D eigenvalue weighted by Gasteiger charge is 2.12. The van der Waals surface area contributed by atoms with Crippen molar-refractivity contribution in [1.82, 2.24) is 15.6 Å². The molecule has 0 aliphatic carbocycles. The van der Waals surface area contributed by atoms with Crippen LogP contribution in [0.3, 0.4) is 0 Å². The van der Waals surface area contributed by atoms with Crippen LogP contribution in [0, 0.1) is 0 Å². The Hall–Kier alpha value is -2.83. The number of carbonyl (C=O) groups excluding carboxylic acids is 1. The molecule has 0 fully saturated rings. The third-order valence-electron chi connectivity index (χ3n) is 3.60. The maximum Gasteiger partial charge on any atom is 0.289 e. The molecule has 3 rings (SSSR count). The summed E-state index contributed by atoms with van der Waals surface area (Å²) in [5, 5.41) is 11.7. The molecule has 0 atom stereocenters. The second-order valence-corrected chi connectivity index (χ2v) is 6.34. The van der Waals surface area contributed by atoms with Crippen molar-refractivity contribution in [2.75, 3.05) is 6.61 Å². The van der Waals surface area contributed by atoms with Gasteiger partial charge in [0.25, 0.3) is 5.91 Å². The van der Waals surface area contributed by atoms with Gasteiger partial charge in [-0.1, -0.05) is 23.2 Å². The van der Waals surface area contributed by atoms with Gasteiger partial charge >= 0.3 is 0 Å². The Bertz CT molecular complexity index is 968. The van der Waals surface area contributed by atoms with Crippen LogP contribution < -0.4 is 10.2 Å². The maximum absolute atomic E-state index is 12.2. The van der Waals surface area contributed by atoms with Crippen LogP contribution in [0.4, 0.5) is 0 Å². The largest absolute Gasteiger partial charge is 0.494 e. The monoisotopic (exact) mass is 402 g/mol. The second kappa shape index (κ2) is 8.70. The number of carbonyl (C=O) groups is 1. The van der Waals surface area contributed by atoms with E-state index in [9.17, 15) is 4.79 Å². The zero-order chi connectivity index (χ0) is 19.2. The molecular formula is C19H16Cl2N4O2. The molecule has 1 amide bonds. The lowest BCUT2D eigenvalue weighted by atomic mass is 10.1. The molecule has 1 heterocycles. The molecule has 1 aromatic heterocycles. The number of nitrogens with one attached hydrogen (secondary N) is 2. The summed E-state index contributed by atoms with van der Waals surface area (Å²) in [5.41, 5.74) is 4.76. The minimum atomic E-state index is -0.416. The highest BCUT2D eigenvalue weighted by molar-refractivity contribution is 6.36. The lowest BCUT2D eigenvalue weighted by molar-refractivity contribution is 0.0950. The predicted molar refractivity (Wildman–Crippen MR) is 107 cm³/mol. The number of hydrogen-bond acceptors (Lipinski definition) is 4. The fourth-order valence-corrected chi connectivity index (χ4v) is 2.82. The Morgan fingerprint density at radius 2 is 2.00 bits per heavy atom. The summed E-state index contributed by atoms with van der Waals surface area (Å²) in [4.78, 5) is 12.2. The number of rotatable bonds is 6. The van der Waals surface area contributed by atoms with Gasteiger partial charge < -0.3 is 4.74 Å². The van der Waals surface area contributed by atoms with E-state index in [1.165, 1.54) is 0 Å². The molecule has 0 saturated heterocycles. The van der Waals surface area contributed by atoms with E-state index in [1.54, 1.807) is 30.5 Å². The molecule has 0 radical (unpaired) electrons. The van der Waals surface area contributed by atoms with Crippen LogP contribution in [-0.2, 0) is 0 Å². The summed E-state index contributed by atoms with van der Waals surface area (Å²) in [6.07, 6.45) is 1.54. The Kier molecular flexibility index (Phi) is 6.11. The molecule has 27 heavy (non-hydrogen) atoms. The molecule has 2 aromatic carbocycles. The van der Waals surface area contributed by atoms with Crippen LogP contribution in [0.1, 0.15) is 23.0 Å². The van der Waals surface area contributed by atoms with E-state index in [4.69, 9.17) is 27.9 Å². The van der Waals surface area contributed by atoms with Gasteiger partial charge in [-0.3, -0.25) is 9.89 Å². The van der Waals surface area contributed by atoms with Gasteiger partial charge in [0.1, 0.15) is 11.4 Å². The molecule has 0 saturated carbocycles. The first-order chi connectivity index (χ1) is 13.1. The van der Waals surface area contributed by atoms with E-state index < -0.39 is 5.91 Å². The van der Waals surface area contributed by atoms with Crippen molar-refractivity contribution < 1.29 is 9.53 Å². The Morgan fingerprint density at radius 1 is 1.22 bits per heavy atom. The smallest absolute Gasteiger partial charge is 0.289 e. The van der Waals surface area contributed by atoms with E-state index in [-0.39, 0.29) is 5.69 Å². The highest BCUT2D eigenvalue weighted by Crippen LogP contribution is 2.29. The van der Waals surface area contributed by atoms with Crippen molar-refractivity contribution in [2.24, 2.45) is 5.10 Å². The van der Waals surface area contributed by atoms with E-state index in [2.05, 4.69) is 20.7 Å². The van der Waals surface area contributed by atoms with Gasteiger partial charge in [0.2, 0.25) is 0 Å². The number of aromatic amines is 1. The first kappa shape index (κ1) is 18.9. The third-order valence-corrected chi connectivity index (χ3v) is 4.15. The average molecular weight is 403 g/mol. The van der Waals surface area contributed by atoms with E-state index in [0.717, 1.165) is 11.3 Å². The Morgan fingerprint density at radius 3 is 2.70 bits per heavy atom. The normalized spacial score (nSPS) is 10.9. The van der Waals surface area contributed by atoms with Crippen molar-refractivity contribution in [1.29, 1.82) is 0 Å². The van der Waals surface area contributed by atoms with E-state index in [0.29, 0.717) is 27.9 Å². The second-order valence-electron chi connectivity index (χ2n) is 5.49. The molecule has 0 aliphatic rings. The number of halogens is 2. The zero-order valence-corrected chi connectivity index (χ0v) is 15.9. The van der Waals surface area contributed by atoms with Gasteiger partial charge in [0, 0.05) is 10.6 Å². The van der Waals surface area contributed by atoms with Crippen molar-refractivity contribution in [3.05, 3.63) is 69.8 Å². The molecular weight excluding hydrogens is 387 g/mol. The molecule has 0 aliphatic heterocycles. The van der Waals surface area contributed by atoms with Crippen LogP contribution in [0.5, 0.6) is 5.75 Å². The van der Waals surface area contributed by atoms with Gasteiger partial charge in [0.05, 0.1) is 23.5 Å². The van der Waals surface area contributed by atoms with Gasteiger partial charge in [0.15, 0.2) is 0 Å². The van der Waals surface area contributed by atoms with Gasteiger partial charge in [-0.15, -0.1) is 0 Å². The number of hydrogen-bond donors (Lipinski definition) is 2. The molecule has 2 N–H and O–H groups in total. The summed E-state index contributed by atoms with van der Waals surface area (Å²) in [5.74, 6) is 0.366. The van der Waals surface area contributed by atoms with Crippen LogP contribution >= 0.6 is 23.2 Å². The summed E-state index contributed by atoms with van der Waals surface area (Å²) >= 11 is 12.1. The first-order valence-corrected chi connectivity index (χ1v) is 8.89. The van der Waals surface area contributed by atoms with Crippen LogP contribution in [0.15, 0.2) is 53.6 Å². The summed E-state index contributed by atoms with van der Waals surface area (Å²) in [6.45, 7) is 2.53. The molecule has 138 valence electrons. The van der Waals surface area contributed by atoms with Crippen molar-refractivity contribution in [3.8, 4) is 17.0 Å². The lowest BCUT2D eigenvalue weighted by Crippen LogP contribution is -2.17. The first-order valence-electron chi connectivity index (χ1n) is 8.14. The number of H-pyrrole nitrogens is 1. The minimum Gasteiger partial charge on any atom is -0.494 e. The molecule has 6 nitrogen and oxygen atoms in total. The minimum absolute atomic E-state index is 0.264. The number of aromatic nitrogens is 2. The summed E-state index contributed by atoms with van der Waals surface area (Å²) in [7, 11) is 0. The molecule has 3 aromatic rings. The van der Waals surface area contributed by atoms with Crippen molar-refractivity contribution in [2.45, 2.75) is 6.92 Å². The topological polar surface area (TPSA) is 79.4 Å². The summed E-state index contributed by atoms with van der Waals surface area (Å²) < 4.78 is 5.37. The molecule has 0 bridgehead atoms. The number of hydrazone groups is 1.